The van der Waals surface area contributed by atoms with Gasteiger partial charge in [-0.25, -0.2) is 4.90 Å². The topological polar surface area (TPSA) is 98.6 Å². The Morgan fingerprint density at radius 3 is 2.36 bits per heavy atom. The van der Waals surface area contributed by atoms with Crippen molar-refractivity contribution in [1.29, 1.82) is 0 Å². The highest BCUT2D eigenvalue weighted by Gasteiger charge is 2.37. The van der Waals surface area contributed by atoms with Crippen LogP contribution in [0.3, 0.4) is 0 Å². The van der Waals surface area contributed by atoms with Gasteiger partial charge in [0.15, 0.2) is 0 Å². The zero-order valence-corrected chi connectivity index (χ0v) is 12.2. The Balaban J connectivity index is 2.15. The first-order valence-corrected chi connectivity index (χ1v) is 6.66. The van der Waals surface area contributed by atoms with Crippen molar-refractivity contribution in [2.75, 3.05) is 23.5 Å². The lowest BCUT2D eigenvalue weighted by atomic mass is 10.1. The average Bonchev–Trinajstić information content (AvgIpc) is 2.71. The largest absolute Gasteiger partial charge is 0.495 e. The van der Waals surface area contributed by atoms with E-state index < -0.39 is 5.91 Å². The smallest absolute Gasteiger partial charge is 0.266 e. The molecule has 1 aliphatic heterocycles. The molecule has 0 bridgehead atoms. The molecule has 0 spiro atoms. The molecule has 6 heteroatoms. The molecular formula is C16H15N3O3. The van der Waals surface area contributed by atoms with E-state index in [4.69, 9.17) is 16.2 Å². The number of carbonyl (C=O) groups is 2. The van der Waals surface area contributed by atoms with Crippen LogP contribution in [0.4, 0.5) is 17.1 Å². The fraction of sp³-hybridized carbons (Fsp3) is 0.125. The summed E-state index contributed by atoms with van der Waals surface area (Å²) >= 11 is 0. The summed E-state index contributed by atoms with van der Waals surface area (Å²) in [5, 5.41) is 0. The summed E-state index contributed by atoms with van der Waals surface area (Å²) in [6.07, 6.45) is 0. The van der Waals surface area contributed by atoms with Crippen molar-refractivity contribution in [1.82, 2.24) is 0 Å². The molecule has 112 valence electrons. The summed E-state index contributed by atoms with van der Waals surface area (Å²) in [5.41, 5.74) is 14.2. The molecule has 0 atom stereocenters. The lowest BCUT2D eigenvalue weighted by molar-refractivity contribution is 0.0926. The number of carbonyl (C=O) groups excluding carboxylic acids is 2. The maximum Gasteiger partial charge on any atom is 0.266 e. The number of amides is 2. The second-order valence-corrected chi connectivity index (χ2v) is 5.13. The van der Waals surface area contributed by atoms with Gasteiger partial charge in [-0.3, -0.25) is 9.59 Å². The summed E-state index contributed by atoms with van der Waals surface area (Å²) in [6, 6.07) is 7.94. The molecule has 0 saturated heterocycles. The van der Waals surface area contributed by atoms with Gasteiger partial charge in [-0.1, -0.05) is 0 Å². The first-order chi connectivity index (χ1) is 10.4. The molecular weight excluding hydrogens is 282 g/mol. The molecule has 0 aromatic heterocycles. The van der Waals surface area contributed by atoms with Gasteiger partial charge in [0.1, 0.15) is 5.75 Å². The molecule has 22 heavy (non-hydrogen) atoms. The van der Waals surface area contributed by atoms with Crippen LogP contribution in [-0.4, -0.2) is 18.9 Å². The molecule has 0 fully saturated rings. The summed E-state index contributed by atoms with van der Waals surface area (Å²) < 4.78 is 5.17. The van der Waals surface area contributed by atoms with Crippen molar-refractivity contribution < 1.29 is 14.3 Å². The van der Waals surface area contributed by atoms with Crippen LogP contribution in [-0.2, 0) is 0 Å². The Hall–Kier alpha value is -3.02. The highest BCUT2D eigenvalue weighted by atomic mass is 16.5. The van der Waals surface area contributed by atoms with Crippen LogP contribution in [0.15, 0.2) is 30.3 Å². The second-order valence-electron chi connectivity index (χ2n) is 5.13. The summed E-state index contributed by atoms with van der Waals surface area (Å²) in [5.74, 6) is -0.367. The quantitative estimate of drug-likeness (QED) is 0.652. The molecule has 1 heterocycles. The zero-order valence-electron chi connectivity index (χ0n) is 12.2. The van der Waals surface area contributed by atoms with Gasteiger partial charge >= 0.3 is 0 Å². The Bertz CT molecular complexity index is 815. The molecule has 0 aliphatic carbocycles. The number of methoxy groups -OCH3 is 1. The van der Waals surface area contributed by atoms with Crippen molar-refractivity contribution in [2.45, 2.75) is 6.92 Å². The average molecular weight is 297 g/mol. The predicted molar refractivity (Wildman–Crippen MR) is 84.1 cm³/mol. The molecule has 2 amide bonds. The van der Waals surface area contributed by atoms with Gasteiger partial charge in [-0.15, -0.1) is 0 Å². The third-order valence-electron chi connectivity index (χ3n) is 3.70. The number of benzene rings is 2. The number of ether oxygens (including phenoxy) is 1. The van der Waals surface area contributed by atoms with E-state index in [0.717, 1.165) is 4.90 Å². The molecule has 1 aliphatic rings. The molecule has 3 rings (SSSR count). The highest BCUT2D eigenvalue weighted by molar-refractivity contribution is 6.34. The van der Waals surface area contributed by atoms with Gasteiger partial charge in [0.2, 0.25) is 0 Å². The fourth-order valence-electron chi connectivity index (χ4n) is 2.59. The van der Waals surface area contributed by atoms with Gasteiger partial charge < -0.3 is 16.2 Å². The van der Waals surface area contributed by atoms with Crippen LogP contribution >= 0.6 is 0 Å². The van der Waals surface area contributed by atoms with E-state index in [9.17, 15) is 9.59 Å². The number of fused-ring (bicyclic) bond motifs is 1. The molecule has 2 aromatic rings. The van der Waals surface area contributed by atoms with Crippen molar-refractivity contribution >= 4 is 28.9 Å². The third-order valence-corrected chi connectivity index (χ3v) is 3.70. The third kappa shape index (κ3) is 1.88. The number of anilines is 3. The number of nitrogens with zero attached hydrogens (tertiary/aromatic N) is 1. The molecule has 0 unspecified atom stereocenters. The number of aryl methyl sites for hydroxylation is 1. The van der Waals surface area contributed by atoms with Crippen LogP contribution in [0.25, 0.3) is 0 Å². The predicted octanol–water partition coefficient (Wildman–Crippen LogP) is 1.97. The van der Waals surface area contributed by atoms with E-state index in [0.29, 0.717) is 39.5 Å². The monoisotopic (exact) mass is 297 g/mol. The Kier molecular flexibility index (Phi) is 3.02. The number of nitrogen functional groups attached to an aromatic ring is 2. The van der Waals surface area contributed by atoms with Crippen molar-refractivity contribution in [2.24, 2.45) is 0 Å². The Morgan fingerprint density at radius 2 is 1.68 bits per heavy atom. The number of nitrogens with two attached hydrogens (primary N) is 2. The van der Waals surface area contributed by atoms with Crippen molar-refractivity contribution in [3.8, 4) is 5.75 Å². The van der Waals surface area contributed by atoms with Crippen LogP contribution in [0, 0.1) is 6.92 Å². The standard InChI is InChI=1S/C16H15N3O3/c1-8-5-12(18)14(22-2)7-13(8)19-15(20)10-4-3-9(17)6-11(10)16(19)21/h3-7H,17-18H2,1-2H3. The zero-order chi connectivity index (χ0) is 16.0. The lowest BCUT2D eigenvalue weighted by Gasteiger charge is -2.18. The van der Waals surface area contributed by atoms with Gasteiger partial charge in [0.05, 0.1) is 29.6 Å². The van der Waals surface area contributed by atoms with Gasteiger partial charge in [-0.05, 0) is 36.8 Å². The van der Waals surface area contributed by atoms with Crippen LogP contribution in [0.2, 0.25) is 0 Å². The van der Waals surface area contributed by atoms with Crippen LogP contribution < -0.4 is 21.1 Å². The summed E-state index contributed by atoms with van der Waals surface area (Å²) in [6.45, 7) is 1.78. The first-order valence-electron chi connectivity index (χ1n) is 6.66. The number of hydrogen-bond acceptors (Lipinski definition) is 5. The van der Waals surface area contributed by atoms with E-state index in [1.165, 1.54) is 13.2 Å². The molecule has 0 saturated carbocycles. The highest BCUT2D eigenvalue weighted by Crippen LogP contribution is 2.36. The van der Waals surface area contributed by atoms with Crippen molar-refractivity contribution in [3.05, 3.63) is 47.0 Å². The van der Waals surface area contributed by atoms with E-state index in [2.05, 4.69) is 0 Å². The Morgan fingerprint density at radius 1 is 1.00 bits per heavy atom. The number of rotatable bonds is 2. The normalized spacial score (nSPS) is 13.5. The molecule has 0 radical (unpaired) electrons. The van der Waals surface area contributed by atoms with Crippen LogP contribution in [0.1, 0.15) is 26.3 Å². The van der Waals surface area contributed by atoms with E-state index in [1.807, 2.05) is 0 Å². The lowest BCUT2D eigenvalue weighted by Crippen LogP contribution is -2.30. The SMILES string of the molecule is COc1cc(N2C(=O)c3ccc(N)cc3C2=O)c(C)cc1N. The molecule has 2 aromatic carbocycles. The second kappa shape index (κ2) is 4.77. The van der Waals surface area contributed by atoms with E-state index in [1.54, 1.807) is 31.2 Å². The minimum atomic E-state index is -0.401. The van der Waals surface area contributed by atoms with Gasteiger partial charge in [0, 0.05) is 11.8 Å². The maximum atomic E-state index is 12.6. The van der Waals surface area contributed by atoms with Crippen LogP contribution in [0.5, 0.6) is 5.75 Å². The first kappa shape index (κ1) is 13.9. The summed E-state index contributed by atoms with van der Waals surface area (Å²) in [4.78, 5) is 26.2. The number of hydrogen-bond donors (Lipinski definition) is 2. The van der Waals surface area contributed by atoms with Gasteiger partial charge in [0.25, 0.3) is 11.8 Å². The van der Waals surface area contributed by atoms with Gasteiger partial charge in [-0.2, -0.15) is 0 Å². The van der Waals surface area contributed by atoms with E-state index >= 15 is 0 Å². The van der Waals surface area contributed by atoms with Crippen molar-refractivity contribution in [3.63, 3.8) is 0 Å². The fourth-order valence-corrected chi connectivity index (χ4v) is 2.59. The molecule has 4 N–H and O–H groups in total. The minimum Gasteiger partial charge on any atom is -0.495 e. The summed E-state index contributed by atoms with van der Waals surface area (Å²) in [7, 11) is 1.48. The maximum absolute atomic E-state index is 12.6. The minimum absolute atomic E-state index is 0.306. The van der Waals surface area contributed by atoms with E-state index in [-0.39, 0.29) is 5.91 Å². The Labute approximate surface area is 127 Å². The molecule has 6 nitrogen and oxygen atoms in total. The number of imide groups is 1.